The predicted molar refractivity (Wildman–Crippen MR) is 124 cm³/mol. The Morgan fingerprint density at radius 1 is 1.12 bits per heavy atom. The largest absolute Gasteiger partial charge is 0.385 e. The van der Waals surface area contributed by atoms with Crippen LogP contribution in [-0.2, 0) is 9.53 Å². The number of piperidine rings is 1. The molecule has 0 bridgehead atoms. The lowest BCUT2D eigenvalue weighted by Gasteiger charge is -2.32. The van der Waals surface area contributed by atoms with Crippen LogP contribution in [0.4, 0.5) is 5.69 Å². The summed E-state index contributed by atoms with van der Waals surface area (Å²) >= 11 is 6.07. The fourth-order valence-electron chi connectivity index (χ4n) is 3.67. The second kappa shape index (κ2) is 11.6. The summed E-state index contributed by atoms with van der Waals surface area (Å²) in [7, 11) is 1.63. The molecule has 2 N–H and O–H groups in total. The lowest BCUT2D eigenvalue weighted by Crippen LogP contribution is -2.45. The first kappa shape index (κ1) is 23.8. The van der Waals surface area contributed by atoms with Gasteiger partial charge in [0.15, 0.2) is 0 Å². The highest BCUT2D eigenvalue weighted by molar-refractivity contribution is 6.34. The van der Waals surface area contributed by atoms with E-state index in [0.29, 0.717) is 48.1 Å². The van der Waals surface area contributed by atoms with Crippen molar-refractivity contribution >= 4 is 35.0 Å². The van der Waals surface area contributed by atoms with E-state index in [2.05, 4.69) is 10.6 Å². The fraction of sp³-hybridized carbons (Fsp3) is 0.375. The zero-order chi connectivity index (χ0) is 22.9. The van der Waals surface area contributed by atoms with Gasteiger partial charge in [-0.2, -0.15) is 0 Å². The predicted octanol–water partition coefficient (Wildman–Crippen LogP) is 3.60. The Morgan fingerprint density at radius 2 is 1.88 bits per heavy atom. The van der Waals surface area contributed by atoms with E-state index in [1.807, 2.05) is 0 Å². The number of anilines is 1. The molecule has 2 aromatic carbocycles. The Bertz CT molecular complexity index is 949. The summed E-state index contributed by atoms with van der Waals surface area (Å²) in [6.07, 6.45) is 2.32. The highest BCUT2D eigenvalue weighted by Crippen LogP contribution is 2.21. The average Bonchev–Trinajstić information content (AvgIpc) is 2.82. The average molecular weight is 458 g/mol. The first-order chi connectivity index (χ1) is 15.5. The van der Waals surface area contributed by atoms with Crippen molar-refractivity contribution in [1.82, 2.24) is 10.2 Å². The van der Waals surface area contributed by atoms with Crippen molar-refractivity contribution in [1.29, 1.82) is 0 Å². The molecule has 0 radical (unpaired) electrons. The van der Waals surface area contributed by atoms with Crippen LogP contribution in [0, 0.1) is 5.92 Å². The Morgan fingerprint density at radius 3 is 2.59 bits per heavy atom. The van der Waals surface area contributed by atoms with Gasteiger partial charge in [-0.3, -0.25) is 14.4 Å². The molecule has 1 aliphatic rings. The molecule has 8 heteroatoms. The van der Waals surface area contributed by atoms with E-state index in [1.54, 1.807) is 60.5 Å². The number of benzene rings is 2. The molecule has 1 atom stereocenters. The van der Waals surface area contributed by atoms with Crippen molar-refractivity contribution in [2.24, 2.45) is 5.92 Å². The van der Waals surface area contributed by atoms with Gasteiger partial charge < -0.3 is 20.3 Å². The molecule has 2 aromatic rings. The number of amides is 3. The number of carbonyl (C=O) groups is 3. The molecule has 170 valence electrons. The summed E-state index contributed by atoms with van der Waals surface area (Å²) in [6.45, 7) is 2.19. The van der Waals surface area contributed by atoms with Gasteiger partial charge in [0.25, 0.3) is 11.8 Å². The van der Waals surface area contributed by atoms with Crippen LogP contribution in [0.25, 0.3) is 0 Å². The maximum atomic E-state index is 12.9. The maximum absolute atomic E-state index is 12.9. The van der Waals surface area contributed by atoms with E-state index in [0.717, 1.165) is 19.3 Å². The Hall–Kier alpha value is -2.90. The number of nitrogens with zero attached hydrogens (tertiary/aromatic N) is 1. The Balaban J connectivity index is 1.56. The molecule has 0 saturated carbocycles. The molecular weight excluding hydrogens is 430 g/mol. The zero-order valence-corrected chi connectivity index (χ0v) is 18.9. The molecular formula is C24H28ClN3O4. The third-order valence-corrected chi connectivity index (χ3v) is 5.74. The number of hydrogen-bond acceptors (Lipinski definition) is 4. The van der Waals surface area contributed by atoms with Gasteiger partial charge in [0, 0.05) is 44.6 Å². The van der Waals surface area contributed by atoms with E-state index >= 15 is 0 Å². The van der Waals surface area contributed by atoms with Crippen molar-refractivity contribution in [3.8, 4) is 0 Å². The van der Waals surface area contributed by atoms with Crippen LogP contribution in [-0.4, -0.2) is 56.0 Å². The monoisotopic (exact) mass is 457 g/mol. The third-order valence-electron chi connectivity index (χ3n) is 5.41. The van der Waals surface area contributed by atoms with Gasteiger partial charge in [0.05, 0.1) is 16.5 Å². The molecule has 1 aliphatic heterocycles. The fourth-order valence-corrected chi connectivity index (χ4v) is 3.89. The van der Waals surface area contributed by atoms with Gasteiger partial charge >= 0.3 is 0 Å². The minimum absolute atomic E-state index is 0.0174. The van der Waals surface area contributed by atoms with E-state index in [4.69, 9.17) is 16.3 Å². The summed E-state index contributed by atoms with van der Waals surface area (Å²) in [5, 5.41) is 6.08. The number of hydrogen-bond donors (Lipinski definition) is 2. The lowest BCUT2D eigenvalue weighted by atomic mass is 9.96. The van der Waals surface area contributed by atoms with Gasteiger partial charge in [-0.05, 0) is 55.7 Å². The SMILES string of the molecule is COCCCNC(=O)[C@H]1CCCN(C(=O)c2ccc(NC(=O)c3ccccc3Cl)cc2)C1. The number of methoxy groups -OCH3 is 1. The molecule has 7 nitrogen and oxygen atoms in total. The van der Waals surface area contributed by atoms with Crippen molar-refractivity contribution in [2.45, 2.75) is 19.3 Å². The van der Waals surface area contributed by atoms with Crippen molar-refractivity contribution < 1.29 is 19.1 Å². The standard InChI is InChI=1S/C24H28ClN3O4/c1-32-15-5-13-26-22(29)18-6-4-14-28(16-18)24(31)17-9-11-19(12-10-17)27-23(30)20-7-2-3-8-21(20)25/h2-3,7-12,18H,4-6,13-16H2,1H3,(H,26,29)(H,27,30)/t18-/m0/s1. The molecule has 0 unspecified atom stereocenters. The molecule has 3 rings (SSSR count). The van der Waals surface area contributed by atoms with Gasteiger partial charge in [-0.15, -0.1) is 0 Å². The van der Waals surface area contributed by atoms with Crippen molar-refractivity contribution in [3.63, 3.8) is 0 Å². The van der Waals surface area contributed by atoms with Crippen LogP contribution in [0.1, 0.15) is 40.0 Å². The number of carbonyl (C=O) groups excluding carboxylic acids is 3. The number of likely N-dealkylation sites (tertiary alicyclic amines) is 1. The van der Waals surface area contributed by atoms with Gasteiger partial charge in [-0.1, -0.05) is 23.7 Å². The smallest absolute Gasteiger partial charge is 0.257 e. The minimum atomic E-state index is -0.315. The van der Waals surface area contributed by atoms with Crippen LogP contribution in [0.2, 0.25) is 5.02 Å². The molecule has 1 saturated heterocycles. The second-order valence-electron chi connectivity index (χ2n) is 7.74. The molecule has 3 amide bonds. The maximum Gasteiger partial charge on any atom is 0.257 e. The number of rotatable bonds is 8. The molecule has 0 aromatic heterocycles. The van der Waals surface area contributed by atoms with E-state index in [1.165, 1.54) is 0 Å². The van der Waals surface area contributed by atoms with Gasteiger partial charge in [0.1, 0.15) is 0 Å². The van der Waals surface area contributed by atoms with E-state index in [-0.39, 0.29) is 23.6 Å². The zero-order valence-electron chi connectivity index (χ0n) is 18.1. The van der Waals surface area contributed by atoms with E-state index in [9.17, 15) is 14.4 Å². The normalized spacial score (nSPS) is 15.8. The Kier molecular flexibility index (Phi) is 8.64. The molecule has 1 heterocycles. The summed E-state index contributed by atoms with van der Waals surface area (Å²) in [5.74, 6) is -0.656. The Labute approximate surface area is 193 Å². The lowest BCUT2D eigenvalue weighted by molar-refractivity contribution is -0.126. The van der Waals surface area contributed by atoms with Crippen molar-refractivity contribution in [3.05, 3.63) is 64.7 Å². The van der Waals surface area contributed by atoms with Crippen LogP contribution < -0.4 is 10.6 Å². The van der Waals surface area contributed by atoms with Gasteiger partial charge in [-0.25, -0.2) is 0 Å². The number of ether oxygens (including phenoxy) is 1. The summed E-state index contributed by atoms with van der Waals surface area (Å²) in [4.78, 5) is 39.5. The summed E-state index contributed by atoms with van der Waals surface area (Å²) in [6, 6.07) is 13.5. The van der Waals surface area contributed by atoms with Crippen LogP contribution in [0.5, 0.6) is 0 Å². The van der Waals surface area contributed by atoms with Crippen LogP contribution in [0.3, 0.4) is 0 Å². The molecule has 0 spiro atoms. The third kappa shape index (κ3) is 6.31. The van der Waals surface area contributed by atoms with Crippen molar-refractivity contribution in [2.75, 3.05) is 38.7 Å². The summed E-state index contributed by atoms with van der Waals surface area (Å²) < 4.78 is 4.99. The summed E-state index contributed by atoms with van der Waals surface area (Å²) in [5.41, 5.74) is 1.47. The topological polar surface area (TPSA) is 87.7 Å². The van der Waals surface area contributed by atoms with Gasteiger partial charge in [0.2, 0.25) is 5.91 Å². The molecule has 1 fully saturated rings. The van der Waals surface area contributed by atoms with Crippen LogP contribution >= 0.6 is 11.6 Å². The molecule has 32 heavy (non-hydrogen) atoms. The second-order valence-corrected chi connectivity index (χ2v) is 8.15. The number of nitrogens with one attached hydrogen (secondary N) is 2. The number of halogens is 1. The highest BCUT2D eigenvalue weighted by Gasteiger charge is 2.28. The first-order valence-electron chi connectivity index (χ1n) is 10.7. The molecule has 0 aliphatic carbocycles. The first-order valence-corrected chi connectivity index (χ1v) is 11.1. The quantitative estimate of drug-likeness (QED) is 0.593. The minimum Gasteiger partial charge on any atom is -0.385 e. The van der Waals surface area contributed by atoms with Crippen LogP contribution in [0.15, 0.2) is 48.5 Å². The highest BCUT2D eigenvalue weighted by atomic mass is 35.5. The van der Waals surface area contributed by atoms with E-state index < -0.39 is 0 Å².